The molecule has 0 bridgehead atoms. The van der Waals surface area contributed by atoms with E-state index in [4.69, 9.17) is 5.73 Å². The molecule has 4 N–H and O–H groups in total. The summed E-state index contributed by atoms with van der Waals surface area (Å²) in [6.07, 6.45) is 3.79. The summed E-state index contributed by atoms with van der Waals surface area (Å²) in [5, 5.41) is 2.87. The smallest absolute Gasteiger partial charge is 0.242 e. The summed E-state index contributed by atoms with van der Waals surface area (Å²) >= 11 is 0. The van der Waals surface area contributed by atoms with E-state index in [1.165, 1.54) is 18.5 Å². The number of hydrogen-bond acceptors (Lipinski definition) is 4. The molecular weight excluding hydrogens is 417 g/mol. The highest BCUT2D eigenvalue weighted by Gasteiger charge is 2.12. The normalized spacial score (nSPS) is 12.0. The third-order valence-electron chi connectivity index (χ3n) is 2.66. The lowest BCUT2D eigenvalue weighted by atomic mass is 10.1. The van der Waals surface area contributed by atoms with Gasteiger partial charge in [0.1, 0.15) is 4.90 Å². The maximum Gasteiger partial charge on any atom is 0.242 e. The molecule has 0 fully saturated rings. The Morgan fingerprint density at radius 2 is 2.14 bits per heavy atom. The Bertz CT molecular complexity index is 549. The maximum atomic E-state index is 11.9. The molecule has 0 saturated carbocycles. The van der Waals surface area contributed by atoms with Crippen LogP contribution in [0.15, 0.2) is 34.4 Å². The molecule has 0 saturated heterocycles. The summed E-state index contributed by atoms with van der Waals surface area (Å²) in [6.45, 7) is 5.49. The lowest BCUT2D eigenvalue weighted by Crippen LogP contribution is -2.38. The van der Waals surface area contributed by atoms with E-state index in [1.54, 1.807) is 6.07 Å². The molecule has 0 spiro atoms. The van der Waals surface area contributed by atoms with Gasteiger partial charge < -0.3 is 11.1 Å². The molecule has 0 unspecified atom stereocenters. The first kappa shape index (κ1) is 21.1. The number of aliphatic imine (C=N–C) groups is 1. The highest BCUT2D eigenvalue weighted by Crippen LogP contribution is 2.04. The average Bonchev–Trinajstić information content (AvgIpc) is 2.44. The largest absolute Gasteiger partial charge is 0.370 e. The summed E-state index contributed by atoms with van der Waals surface area (Å²) in [5.41, 5.74) is 5.67. The van der Waals surface area contributed by atoms with Crippen LogP contribution in [0.3, 0.4) is 0 Å². The molecule has 126 valence electrons. The number of aromatic nitrogens is 1. The van der Waals surface area contributed by atoms with Gasteiger partial charge in [-0.15, -0.1) is 24.0 Å². The topological polar surface area (TPSA) is 109 Å². The highest BCUT2D eigenvalue weighted by molar-refractivity contribution is 14.0. The Labute approximate surface area is 149 Å². The van der Waals surface area contributed by atoms with Crippen molar-refractivity contribution in [1.29, 1.82) is 0 Å². The lowest BCUT2D eigenvalue weighted by molar-refractivity contribution is 0.580. The lowest BCUT2D eigenvalue weighted by Gasteiger charge is -2.08. The summed E-state index contributed by atoms with van der Waals surface area (Å²) in [4.78, 5) is 8.08. The van der Waals surface area contributed by atoms with Crippen LogP contribution in [0.25, 0.3) is 0 Å². The molecule has 1 heterocycles. The molecule has 0 atom stereocenters. The van der Waals surface area contributed by atoms with Crippen molar-refractivity contribution in [2.45, 2.75) is 25.2 Å². The molecule has 22 heavy (non-hydrogen) atoms. The molecule has 0 amide bonds. The van der Waals surface area contributed by atoms with Gasteiger partial charge in [0.2, 0.25) is 10.0 Å². The molecule has 1 aromatic heterocycles. The molecule has 1 rings (SSSR count). The molecule has 7 nitrogen and oxygen atoms in total. The number of nitrogens with zero attached hydrogens (tertiary/aromatic N) is 2. The van der Waals surface area contributed by atoms with Crippen LogP contribution in [0.2, 0.25) is 0 Å². The van der Waals surface area contributed by atoms with Crippen LogP contribution in [-0.2, 0) is 10.0 Å². The fraction of sp³-hybridized carbons (Fsp3) is 0.538. The zero-order valence-corrected chi connectivity index (χ0v) is 16.0. The predicted molar refractivity (Wildman–Crippen MR) is 98.8 cm³/mol. The van der Waals surface area contributed by atoms with Gasteiger partial charge in [-0.2, -0.15) is 0 Å². The predicted octanol–water partition coefficient (Wildman–Crippen LogP) is 0.928. The monoisotopic (exact) mass is 441 g/mol. The van der Waals surface area contributed by atoms with Crippen LogP contribution in [-0.4, -0.2) is 39.0 Å². The zero-order valence-electron chi connectivity index (χ0n) is 12.8. The first-order chi connectivity index (χ1) is 9.92. The second-order valence-corrected chi connectivity index (χ2v) is 6.73. The first-order valence-electron chi connectivity index (χ1n) is 6.85. The molecule has 0 aliphatic carbocycles. The molecular formula is C13H24IN5O2S. The molecule has 1 aromatic rings. The molecule has 0 aliphatic rings. The van der Waals surface area contributed by atoms with E-state index in [0.717, 1.165) is 6.42 Å². The molecule has 0 radical (unpaired) electrons. The van der Waals surface area contributed by atoms with Crippen molar-refractivity contribution in [3.8, 4) is 0 Å². The fourth-order valence-corrected chi connectivity index (χ4v) is 2.46. The van der Waals surface area contributed by atoms with Gasteiger partial charge in [-0.1, -0.05) is 13.8 Å². The van der Waals surface area contributed by atoms with Crippen molar-refractivity contribution < 1.29 is 8.42 Å². The van der Waals surface area contributed by atoms with Gasteiger partial charge in [0.15, 0.2) is 5.96 Å². The second-order valence-electron chi connectivity index (χ2n) is 4.96. The Morgan fingerprint density at radius 3 is 2.73 bits per heavy atom. The van der Waals surface area contributed by atoms with E-state index in [-0.39, 0.29) is 35.4 Å². The Kier molecular flexibility index (Phi) is 10.3. The Hall–Kier alpha value is -0.940. The van der Waals surface area contributed by atoms with Crippen molar-refractivity contribution in [3.05, 3.63) is 24.5 Å². The van der Waals surface area contributed by atoms with Crippen LogP contribution in [0.4, 0.5) is 0 Å². The highest BCUT2D eigenvalue weighted by atomic mass is 127. The minimum absolute atomic E-state index is 0. The van der Waals surface area contributed by atoms with Gasteiger partial charge in [0.05, 0.1) is 0 Å². The van der Waals surface area contributed by atoms with E-state index in [2.05, 4.69) is 33.9 Å². The second kappa shape index (κ2) is 10.7. The van der Waals surface area contributed by atoms with Crippen LogP contribution in [0.5, 0.6) is 0 Å². The van der Waals surface area contributed by atoms with Crippen molar-refractivity contribution >= 4 is 40.0 Å². The van der Waals surface area contributed by atoms with E-state index < -0.39 is 10.0 Å². The minimum atomic E-state index is -3.52. The minimum Gasteiger partial charge on any atom is -0.370 e. The Morgan fingerprint density at radius 1 is 1.41 bits per heavy atom. The molecule has 0 aliphatic heterocycles. The summed E-state index contributed by atoms with van der Waals surface area (Å²) in [5.74, 6) is 0.907. The van der Waals surface area contributed by atoms with Gasteiger partial charge in [0, 0.05) is 32.0 Å². The van der Waals surface area contributed by atoms with Crippen molar-refractivity contribution in [1.82, 2.24) is 15.0 Å². The number of nitrogens with two attached hydrogens (primary N) is 1. The van der Waals surface area contributed by atoms with Gasteiger partial charge >= 0.3 is 0 Å². The van der Waals surface area contributed by atoms with Crippen LogP contribution < -0.4 is 15.8 Å². The van der Waals surface area contributed by atoms with E-state index >= 15 is 0 Å². The fourth-order valence-electron chi connectivity index (χ4n) is 1.46. The van der Waals surface area contributed by atoms with Gasteiger partial charge in [0.25, 0.3) is 0 Å². The number of guanidine groups is 1. The van der Waals surface area contributed by atoms with E-state index in [1.807, 2.05) is 0 Å². The maximum absolute atomic E-state index is 11.9. The standard InChI is InChI=1S/C13H23N5O2S.HI/c1-11(2)5-7-16-13(14)17-8-9-18-21(19,20)12-4-3-6-15-10-12;/h3-4,6,10-11,18H,5,7-9H2,1-2H3,(H3,14,16,17);1H. The number of hydrogen-bond donors (Lipinski definition) is 3. The Balaban J connectivity index is 0.00000441. The van der Waals surface area contributed by atoms with Gasteiger partial charge in [-0.25, -0.2) is 13.1 Å². The van der Waals surface area contributed by atoms with Gasteiger partial charge in [-0.3, -0.25) is 9.98 Å². The summed E-state index contributed by atoms with van der Waals surface area (Å²) in [6, 6.07) is 3.07. The van der Waals surface area contributed by atoms with Crippen LogP contribution >= 0.6 is 24.0 Å². The third kappa shape index (κ3) is 8.49. The summed E-state index contributed by atoms with van der Waals surface area (Å²) < 4.78 is 26.2. The molecule has 0 aromatic carbocycles. The van der Waals surface area contributed by atoms with Crippen LogP contribution in [0, 0.1) is 5.92 Å². The van der Waals surface area contributed by atoms with Crippen molar-refractivity contribution in [3.63, 3.8) is 0 Å². The first-order valence-corrected chi connectivity index (χ1v) is 8.33. The zero-order chi connectivity index (χ0) is 15.7. The van der Waals surface area contributed by atoms with Crippen molar-refractivity contribution in [2.24, 2.45) is 16.6 Å². The quantitative estimate of drug-likeness (QED) is 0.241. The molecule has 9 heteroatoms. The van der Waals surface area contributed by atoms with E-state index in [9.17, 15) is 8.42 Å². The van der Waals surface area contributed by atoms with Crippen LogP contribution in [0.1, 0.15) is 20.3 Å². The van der Waals surface area contributed by atoms with Crippen molar-refractivity contribution in [2.75, 3.05) is 19.6 Å². The average molecular weight is 441 g/mol. The van der Waals surface area contributed by atoms with E-state index in [0.29, 0.717) is 25.0 Å². The SMILES string of the molecule is CC(C)CCN=C(N)NCCNS(=O)(=O)c1cccnc1.I. The number of rotatable bonds is 8. The number of nitrogens with one attached hydrogen (secondary N) is 2. The van der Waals surface area contributed by atoms with Gasteiger partial charge in [-0.05, 0) is 24.5 Å². The summed E-state index contributed by atoms with van der Waals surface area (Å²) in [7, 11) is -3.52. The number of pyridine rings is 1. The number of sulfonamides is 1. The number of halogens is 1. The third-order valence-corrected chi connectivity index (χ3v) is 4.10.